The van der Waals surface area contributed by atoms with Gasteiger partial charge in [-0.05, 0) is 96.3 Å². The van der Waals surface area contributed by atoms with E-state index in [2.05, 4.69) is 5.32 Å². The van der Waals surface area contributed by atoms with Gasteiger partial charge in [0.05, 0.1) is 0 Å². The van der Waals surface area contributed by atoms with Crippen molar-refractivity contribution < 1.29 is 14.3 Å². The summed E-state index contributed by atoms with van der Waals surface area (Å²) in [5.41, 5.74) is -0.475. The van der Waals surface area contributed by atoms with Crippen molar-refractivity contribution in [1.29, 1.82) is 0 Å². The molecule has 0 aromatic heterocycles. The molecule has 0 radical (unpaired) electrons. The maximum absolute atomic E-state index is 13.4. The molecule has 0 aliphatic heterocycles. The number of amides is 1. The third-order valence-corrected chi connectivity index (χ3v) is 7.09. The molecule has 4 bridgehead atoms. The number of nitrogens with one attached hydrogen (secondary N) is 1. The lowest BCUT2D eigenvalue weighted by Crippen LogP contribution is -2.51. The van der Waals surface area contributed by atoms with E-state index < -0.39 is 5.60 Å². The van der Waals surface area contributed by atoms with E-state index in [1.807, 2.05) is 20.8 Å². The Hall–Kier alpha value is -1.06. The van der Waals surface area contributed by atoms with E-state index in [-0.39, 0.29) is 23.5 Å². The SMILES string of the molecule is CC(C)(C)OC(=O)NC1CCC(C(=O)C23CC4CC(CC(C4)C2)C3)C1. The number of alkyl carbamates (subject to hydrolysis) is 1. The van der Waals surface area contributed by atoms with E-state index in [0.717, 1.165) is 56.3 Å². The summed E-state index contributed by atoms with van der Waals surface area (Å²) in [5.74, 6) is 3.13. The van der Waals surface area contributed by atoms with Crippen LogP contribution in [0.15, 0.2) is 0 Å². The van der Waals surface area contributed by atoms with Crippen molar-refractivity contribution in [2.24, 2.45) is 29.1 Å². The molecule has 25 heavy (non-hydrogen) atoms. The molecular weight excluding hydrogens is 314 g/mol. The van der Waals surface area contributed by atoms with Gasteiger partial charge in [0.15, 0.2) is 0 Å². The molecule has 2 unspecified atom stereocenters. The lowest BCUT2D eigenvalue weighted by atomic mass is 9.47. The largest absolute Gasteiger partial charge is 0.444 e. The van der Waals surface area contributed by atoms with Gasteiger partial charge in [0, 0.05) is 17.4 Å². The molecule has 0 aromatic rings. The molecule has 140 valence electrons. The summed E-state index contributed by atoms with van der Waals surface area (Å²) in [6.07, 6.45) is 9.87. The molecule has 0 saturated heterocycles. The highest BCUT2D eigenvalue weighted by atomic mass is 16.6. The first kappa shape index (κ1) is 17.4. The number of carbonyl (C=O) groups excluding carboxylic acids is 2. The Morgan fingerprint density at radius 2 is 1.48 bits per heavy atom. The molecule has 0 heterocycles. The minimum Gasteiger partial charge on any atom is -0.444 e. The Morgan fingerprint density at radius 1 is 0.920 bits per heavy atom. The van der Waals surface area contributed by atoms with Crippen LogP contribution in [0, 0.1) is 29.1 Å². The first-order chi connectivity index (χ1) is 11.7. The molecule has 4 nitrogen and oxygen atoms in total. The Bertz CT molecular complexity index is 527. The number of Topliss-reactive ketones (excluding diaryl/α,β-unsaturated/α-hetero) is 1. The second-order valence-electron chi connectivity index (χ2n) is 10.4. The molecule has 5 saturated carbocycles. The van der Waals surface area contributed by atoms with Crippen LogP contribution in [-0.2, 0) is 9.53 Å². The zero-order valence-electron chi connectivity index (χ0n) is 16.0. The molecular formula is C21H33NO3. The third-order valence-electron chi connectivity index (χ3n) is 7.09. The fourth-order valence-corrected chi connectivity index (χ4v) is 6.67. The van der Waals surface area contributed by atoms with Crippen LogP contribution < -0.4 is 5.32 Å². The van der Waals surface area contributed by atoms with Crippen molar-refractivity contribution in [2.45, 2.75) is 90.2 Å². The van der Waals surface area contributed by atoms with Gasteiger partial charge >= 0.3 is 6.09 Å². The Morgan fingerprint density at radius 3 is 2.00 bits per heavy atom. The lowest BCUT2D eigenvalue weighted by molar-refractivity contribution is -0.148. The van der Waals surface area contributed by atoms with E-state index in [1.165, 1.54) is 19.3 Å². The zero-order chi connectivity index (χ0) is 17.8. The maximum Gasteiger partial charge on any atom is 0.407 e. The van der Waals surface area contributed by atoms with Crippen molar-refractivity contribution in [2.75, 3.05) is 0 Å². The number of carbonyl (C=O) groups is 2. The van der Waals surface area contributed by atoms with Crippen LogP contribution >= 0.6 is 0 Å². The fourth-order valence-electron chi connectivity index (χ4n) is 6.67. The second-order valence-corrected chi connectivity index (χ2v) is 10.4. The van der Waals surface area contributed by atoms with Crippen molar-refractivity contribution in [1.82, 2.24) is 5.32 Å². The number of ketones is 1. The van der Waals surface area contributed by atoms with Crippen LogP contribution in [0.3, 0.4) is 0 Å². The number of hydrogen-bond donors (Lipinski definition) is 1. The van der Waals surface area contributed by atoms with Crippen molar-refractivity contribution in [3.8, 4) is 0 Å². The molecule has 5 rings (SSSR count). The summed E-state index contributed by atoms with van der Waals surface area (Å²) in [5, 5.41) is 2.98. The first-order valence-electron chi connectivity index (χ1n) is 10.3. The van der Waals surface area contributed by atoms with Gasteiger partial charge in [0.25, 0.3) is 0 Å². The van der Waals surface area contributed by atoms with Crippen LogP contribution in [0.2, 0.25) is 0 Å². The summed E-state index contributed by atoms with van der Waals surface area (Å²) in [6.45, 7) is 5.63. The van der Waals surface area contributed by atoms with Gasteiger partial charge in [-0.1, -0.05) is 0 Å². The van der Waals surface area contributed by atoms with E-state index in [1.54, 1.807) is 0 Å². The molecule has 0 aromatic carbocycles. The number of hydrogen-bond acceptors (Lipinski definition) is 3. The Balaban J connectivity index is 1.36. The van der Waals surface area contributed by atoms with Gasteiger partial charge in [-0.3, -0.25) is 4.79 Å². The van der Waals surface area contributed by atoms with Gasteiger partial charge in [0.1, 0.15) is 11.4 Å². The van der Waals surface area contributed by atoms with Gasteiger partial charge in [0.2, 0.25) is 0 Å². The second kappa shape index (κ2) is 5.99. The molecule has 2 atom stereocenters. The molecule has 5 aliphatic rings. The first-order valence-corrected chi connectivity index (χ1v) is 10.3. The van der Waals surface area contributed by atoms with Crippen LogP contribution in [0.1, 0.15) is 78.6 Å². The number of rotatable bonds is 3. The molecule has 4 heteroatoms. The van der Waals surface area contributed by atoms with Crippen molar-refractivity contribution >= 4 is 11.9 Å². The quantitative estimate of drug-likeness (QED) is 0.820. The number of ether oxygens (including phenoxy) is 1. The third kappa shape index (κ3) is 3.46. The van der Waals surface area contributed by atoms with E-state index in [9.17, 15) is 9.59 Å². The summed E-state index contributed by atoms with van der Waals surface area (Å²) in [6, 6.07) is 0.0951. The summed E-state index contributed by atoms with van der Waals surface area (Å²) in [7, 11) is 0. The highest BCUT2D eigenvalue weighted by molar-refractivity contribution is 5.88. The smallest absolute Gasteiger partial charge is 0.407 e. The van der Waals surface area contributed by atoms with Gasteiger partial charge in [-0.2, -0.15) is 0 Å². The monoisotopic (exact) mass is 347 g/mol. The van der Waals surface area contributed by atoms with Crippen LogP contribution in [0.5, 0.6) is 0 Å². The molecule has 0 spiro atoms. The van der Waals surface area contributed by atoms with Crippen molar-refractivity contribution in [3.05, 3.63) is 0 Å². The molecule has 1 N–H and O–H groups in total. The van der Waals surface area contributed by atoms with Gasteiger partial charge < -0.3 is 10.1 Å². The molecule has 1 amide bonds. The van der Waals surface area contributed by atoms with Crippen LogP contribution in [-0.4, -0.2) is 23.5 Å². The van der Waals surface area contributed by atoms with Gasteiger partial charge in [-0.25, -0.2) is 4.79 Å². The minimum atomic E-state index is -0.475. The summed E-state index contributed by atoms with van der Waals surface area (Å²) in [4.78, 5) is 25.4. The van der Waals surface area contributed by atoms with Gasteiger partial charge in [-0.15, -0.1) is 0 Å². The summed E-state index contributed by atoms with van der Waals surface area (Å²) < 4.78 is 5.36. The maximum atomic E-state index is 13.4. The summed E-state index contributed by atoms with van der Waals surface area (Å²) >= 11 is 0. The topological polar surface area (TPSA) is 55.4 Å². The average Bonchev–Trinajstić information content (AvgIpc) is 2.91. The van der Waals surface area contributed by atoms with Crippen LogP contribution in [0.25, 0.3) is 0 Å². The van der Waals surface area contributed by atoms with Crippen molar-refractivity contribution in [3.63, 3.8) is 0 Å². The standard InChI is InChI=1S/C21H33NO3/c1-20(2,3)25-19(24)22-17-5-4-16(9-17)18(23)21-10-13-6-14(11-21)8-15(7-13)12-21/h13-17H,4-12H2,1-3H3,(H,22,24). The average molecular weight is 347 g/mol. The fraction of sp³-hybridized carbons (Fsp3) is 0.905. The Labute approximate surface area is 151 Å². The molecule has 5 aliphatic carbocycles. The lowest BCUT2D eigenvalue weighted by Gasteiger charge is -2.56. The Kier molecular flexibility index (Phi) is 4.16. The normalized spacial score (nSPS) is 42.4. The van der Waals surface area contributed by atoms with E-state index in [4.69, 9.17) is 4.74 Å². The predicted molar refractivity (Wildman–Crippen MR) is 96.1 cm³/mol. The highest BCUT2D eigenvalue weighted by Crippen LogP contribution is 2.61. The predicted octanol–water partition coefficient (Wildman–Crippen LogP) is 4.47. The molecule has 5 fully saturated rings. The van der Waals surface area contributed by atoms with E-state index >= 15 is 0 Å². The zero-order valence-corrected chi connectivity index (χ0v) is 16.0. The van der Waals surface area contributed by atoms with E-state index in [0.29, 0.717) is 5.78 Å². The highest BCUT2D eigenvalue weighted by Gasteiger charge is 2.55. The van der Waals surface area contributed by atoms with Crippen LogP contribution in [0.4, 0.5) is 4.79 Å². The minimum absolute atomic E-state index is 0.000223.